The molecule has 86 valence electrons. The Balaban J connectivity index is 2.48. The number of hydrogen-bond acceptors (Lipinski definition) is 4. The molecule has 0 spiro atoms. The summed E-state index contributed by atoms with van der Waals surface area (Å²) in [4.78, 5) is 13.4. The summed E-state index contributed by atoms with van der Waals surface area (Å²) in [7, 11) is 0. The third kappa shape index (κ3) is 3.62. The van der Waals surface area contributed by atoms with Crippen LogP contribution < -0.4 is 5.32 Å². The van der Waals surface area contributed by atoms with E-state index in [1.807, 2.05) is 0 Å². The number of ether oxygens (including phenoxy) is 1. The van der Waals surface area contributed by atoms with Gasteiger partial charge in [-0.05, 0) is 0 Å². The smallest absolute Gasteiger partial charge is 0.253 e. The van der Waals surface area contributed by atoms with Crippen molar-refractivity contribution in [2.24, 2.45) is 0 Å². The highest BCUT2D eigenvalue weighted by molar-refractivity contribution is 5.81. The Labute approximate surface area is 89.7 Å². The molecule has 1 atom stereocenters. The van der Waals surface area contributed by atoms with Crippen LogP contribution in [-0.2, 0) is 9.53 Å². The van der Waals surface area contributed by atoms with Gasteiger partial charge in [0.2, 0.25) is 0 Å². The zero-order chi connectivity index (χ0) is 11.1. The molecule has 5 heteroatoms. The molecule has 0 aliphatic carbocycles. The number of nitrogens with zero attached hydrogens (tertiary/aromatic N) is 1. The number of aliphatic hydroxyl groups excluding tert-OH is 1. The summed E-state index contributed by atoms with van der Waals surface area (Å²) in [6, 6.07) is 0. The van der Waals surface area contributed by atoms with Gasteiger partial charge >= 0.3 is 0 Å². The quantitative estimate of drug-likeness (QED) is 0.575. The van der Waals surface area contributed by atoms with Crippen LogP contribution in [0.1, 0.15) is 0 Å². The van der Waals surface area contributed by atoms with Crippen LogP contribution in [0.3, 0.4) is 0 Å². The molecule has 1 amide bonds. The van der Waals surface area contributed by atoms with Crippen molar-refractivity contribution in [2.75, 3.05) is 39.4 Å². The Morgan fingerprint density at radius 3 is 3.07 bits per heavy atom. The van der Waals surface area contributed by atoms with Gasteiger partial charge < -0.3 is 20.1 Å². The van der Waals surface area contributed by atoms with E-state index in [0.29, 0.717) is 26.2 Å². The first kappa shape index (κ1) is 12.2. The molecule has 0 radical (unpaired) electrons. The highest BCUT2D eigenvalue weighted by Gasteiger charge is 2.25. The predicted octanol–water partition coefficient (Wildman–Crippen LogP) is -1.02. The van der Waals surface area contributed by atoms with Crippen LogP contribution in [0.5, 0.6) is 0 Å². The van der Waals surface area contributed by atoms with Gasteiger partial charge in [0.05, 0.1) is 13.2 Å². The molecule has 0 aromatic rings. The van der Waals surface area contributed by atoms with E-state index in [-0.39, 0.29) is 12.5 Å². The topological polar surface area (TPSA) is 61.8 Å². The predicted molar refractivity (Wildman–Crippen MR) is 56.5 cm³/mol. The molecule has 0 bridgehead atoms. The summed E-state index contributed by atoms with van der Waals surface area (Å²) in [6.45, 7) is 6.18. The number of nitrogens with one attached hydrogen (secondary N) is 1. The SMILES string of the molecule is C=CCN(CCO)C(=O)C1CNCCO1. The second-order valence-electron chi connectivity index (χ2n) is 3.36. The van der Waals surface area contributed by atoms with E-state index in [0.717, 1.165) is 6.54 Å². The van der Waals surface area contributed by atoms with Crippen molar-refractivity contribution in [3.63, 3.8) is 0 Å². The van der Waals surface area contributed by atoms with Gasteiger partial charge in [0.25, 0.3) is 5.91 Å². The summed E-state index contributed by atoms with van der Waals surface area (Å²) in [5, 5.41) is 11.9. The Kier molecular flexibility index (Phi) is 5.31. The van der Waals surface area contributed by atoms with Crippen LogP contribution >= 0.6 is 0 Å². The maximum absolute atomic E-state index is 11.9. The molecule has 1 unspecified atom stereocenters. The van der Waals surface area contributed by atoms with Crippen LogP contribution in [-0.4, -0.2) is 61.4 Å². The minimum Gasteiger partial charge on any atom is -0.395 e. The molecule has 1 saturated heterocycles. The van der Waals surface area contributed by atoms with Gasteiger partial charge in [0, 0.05) is 26.2 Å². The van der Waals surface area contributed by atoms with Gasteiger partial charge in [0.15, 0.2) is 0 Å². The Morgan fingerprint density at radius 1 is 1.73 bits per heavy atom. The Hall–Kier alpha value is -0.910. The highest BCUT2D eigenvalue weighted by Crippen LogP contribution is 2.02. The number of morpholine rings is 1. The van der Waals surface area contributed by atoms with Gasteiger partial charge in [-0.15, -0.1) is 6.58 Å². The zero-order valence-electron chi connectivity index (χ0n) is 8.82. The molecule has 15 heavy (non-hydrogen) atoms. The van der Waals surface area contributed by atoms with E-state index >= 15 is 0 Å². The van der Waals surface area contributed by atoms with Crippen molar-refractivity contribution in [3.05, 3.63) is 12.7 Å². The van der Waals surface area contributed by atoms with Crippen molar-refractivity contribution in [1.82, 2.24) is 10.2 Å². The summed E-state index contributed by atoms with van der Waals surface area (Å²) in [6.07, 6.45) is 1.22. The molecule has 0 saturated carbocycles. The molecule has 1 fully saturated rings. The standard InChI is InChI=1S/C10H18N2O3/c1-2-4-12(5-6-13)10(14)9-8-11-3-7-15-9/h2,9,11,13H,1,3-8H2. The molecule has 0 aromatic heterocycles. The second kappa shape index (κ2) is 6.55. The highest BCUT2D eigenvalue weighted by atomic mass is 16.5. The van der Waals surface area contributed by atoms with Gasteiger partial charge in [-0.2, -0.15) is 0 Å². The number of rotatable bonds is 5. The Bertz CT molecular complexity index is 215. The van der Waals surface area contributed by atoms with Crippen LogP contribution in [0.15, 0.2) is 12.7 Å². The summed E-state index contributed by atoms with van der Waals surface area (Å²) in [5.41, 5.74) is 0. The molecule has 2 N–H and O–H groups in total. The largest absolute Gasteiger partial charge is 0.395 e. The number of hydrogen-bond donors (Lipinski definition) is 2. The fourth-order valence-corrected chi connectivity index (χ4v) is 1.50. The molecular weight excluding hydrogens is 196 g/mol. The van der Waals surface area contributed by atoms with Gasteiger partial charge in [-0.1, -0.05) is 6.08 Å². The number of carbonyl (C=O) groups is 1. The maximum Gasteiger partial charge on any atom is 0.253 e. The van der Waals surface area contributed by atoms with E-state index in [4.69, 9.17) is 9.84 Å². The van der Waals surface area contributed by atoms with E-state index < -0.39 is 6.10 Å². The zero-order valence-corrected chi connectivity index (χ0v) is 8.82. The van der Waals surface area contributed by atoms with Crippen molar-refractivity contribution in [2.45, 2.75) is 6.10 Å². The molecular formula is C10H18N2O3. The molecule has 1 aliphatic heterocycles. The first-order valence-electron chi connectivity index (χ1n) is 5.12. The normalized spacial score (nSPS) is 21.0. The summed E-state index contributed by atoms with van der Waals surface area (Å²) >= 11 is 0. The maximum atomic E-state index is 11.9. The number of carbonyl (C=O) groups excluding carboxylic acids is 1. The van der Waals surface area contributed by atoms with Crippen molar-refractivity contribution in [3.8, 4) is 0 Å². The van der Waals surface area contributed by atoms with E-state index in [9.17, 15) is 4.79 Å². The fourth-order valence-electron chi connectivity index (χ4n) is 1.50. The lowest BCUT2D eigenvalue weighted by molar-refractivity contribution is -0.145. The lowest BCUT2D eigenvalue weighted by Gasteiger charge is -2.28. The minimum atomic E-state index is -0.426. The second-order valence-corrected chi connectivity index (χ2v) is 3.36. The van der Waals surface area contributed by atoms with Crippen LogP contribution in [0.2, 0.25) is 0 Å². The average Bonchev–Trinajstić information content (AvgIpc) is 2.29. The summed E-state index contributed by atoms with van der Waals surface area (Å²) < 4.78 is 5.34. The first-order valence-corrected chi connectivity index (χ1v) is 5.12. The third-order valence-electron chi connectivity index (χ3n) is 2.23. The monoisotopic (exact) mass is 214 g/mol. The first-order chi connectivity index (χ1) is 7.29. The molecule has 1 rings (SSSR count). The van der Waals surface area contributed by atoms with Gasteiger partial charge in [0.1, 0.15) is 6.10 Å². The van der Waals surface area contributed by atoms with Gasteiger partial charge in [-0.3, -0.25) is 4.79 Å². The Morgan fingerprint density at radius 2 is 2.53 bits per heavy atom. The van der Waals surface area contributed by atoms with Crippen molar-refractivity contribution >= 4 is 5.91 Å². The van der Waals surface area contributed by atoms with Crippen LogP contribution in [0, 0.1) is 0 Å². The fraction of sp³-hybridized carbons (Fsp3) is 0.700. The molecule has 1 heterocycles. The van der Waals surface area contributed by atoms with Crippen molar-refractivity contribution in [1.29, 1.82) is 0 Å². The lowest BCUT2D eigenvalue weighted by Crippen LogP contribution is -2.50. The van der Waals surface area contributed by atoms with Crippen molar-refractivity contribution < 1.29 is 14.6 Å². The van der Waals surface area contributed by atoms with Crippen LogP contribution in [0.4, 0.5) is 0 Å². The average molecular weight is 214 g/mol. The molecule has 0 aromatic carbocycles. The number of aliphatic hydroxyl groups is 1. The van der Waals surface area contributed by atoms with E-state index in [1.165, 1.54) is 0 Å². The third-order valence-corrected chi connectivity index (χ3v) is 2.23. The van der Waals surface area contributed by atoms with E-state index in [1.54, 1.807) is 11.0 Å². The van der Waals surface area contributed by atoms with Crippen LogP contribution in [0.25, 0.3) is 0 Å². The van der Waals surface area contributed by atoms with E-state index in [2.05, 4.69) is 11.9 Å². The number of amides is 1. The van der Waals surface area contributed by atoms with Gasteiger partial charge in [-0.25, -0.2) is 0 Å². The minimum absolute atomic E-state index is 0.0419. The lowest BCUT2D eigenvalue weighted by atomic mass is 10.2. The summed E-state index contributed by atoms with van der Waals surface area (Å²) in [5.74, 6) is -0.0869. The molecule has 1 aliphatic rings. The molecule has 5 nitrogen and oxygen atoms in total.